The van der Waals surface area contributed by atoms with Crippen LogP contribution < -0.4 is 5.32 Å². The molecule has 86 valence electrons. The molecule has 0 spiro atoms. The molecule has 2 nitrogen and oxygen atoms in total. The molecule has 0 saturated heterocycles. The van der Waals surface area contributed by atoms with Gasteiger partial charge >= 0.3 is 0 Å². The molecular formula is C12H14Cl2N2. The molecule has 1 rings (SSSR count). The molecule has 0 amide bonds. The van der Waals surface area contributed by atoms with Crippen molar-refractivity contribution in [3.8, 4) is 6.07 Å². The van der Waals surface area contributed by atoms with E-state index in [4.69, 9.17) is 28.5 Å². The Morgan fingerprint density at radius 1 is 1.25 bits per heavy atom. The van der Waals surface area contributed by atoms with Crippen molar-refractivity contribution in [2.75, 3.05) is 6.54 Å². The summed E-state index contributed by atoms with van der Waals surface area (Å²) in [6.07, 6.45) is 0. The van der Waals surface area contributed by atoms with Crippen LogP contribution in [0.2, 0.25) is 10.0 Å². The van der Waals surface area contributed by atoms with Crippen molar-refractivity contribution in [1.82, 2.24) is 5.32 Å². The fourth-order valence-electron chi connectivity index (χ4n) is 1.27. The van der Waals surface area contributed by atoms with Gasteiger partial charge in [0.05, 0.1) is 11.5 Å². The van der Waals surface area contributed by atoms with Gasteiger partial charge in [0.1, 0.15) is 0 Å². The summed E-state index contributed by atoms with van der Waals surface area (Å²) in [5, 5.41) is 13.3. The molecule has 1 aromatic carbocycles. The van der Waals surface area contributed by atoms with E-state index in [0.29, 0.717) is 23.1 Å². The lowest BCUT2D eigenvalue weighted by atomic mass is 9.96. The molecule has 0 aromatic heterocycles. The van der Waals surface area contributed by atoms with Gasteiger partial charge in [-0.3, -0.25) is 0 Å². The van der Waals surface area contributed by atoms with Crippen LogP contribution in [0.3, 0.4) is 0 Å². The Kier molecular flexibility index (Phi) is 4.61. The Morgan fingerprint density at radius 2 is 1.81 bits per heavy atom. The van der Waals surface area contributed by atoms with Crippen LogP contribution in [0.1, 0.15) is 19.4 Å². The van der Waals surface area contributed by atoms with Crippen molar-refractivity contribution in [3.05, 3.63) is 33.8 Å². The van der Waals surface area contributed by atoms with Crippen LogP contribution in [0.25, 0.3) is 0 Å². The van der Waals surface area contributed by atoms with E-state index in [2.05, 4.69) is 11.4 Å². The maximum Gasteiger partial charge on any atom is 0.0697 e. The summed E-state index contributed by atoms with van der Waals surface area (Å²) in [4.78, 5) is 0. The van der Waals surface area contributed by atoms with Gasteiger partial charge in [0, 0.05) is 23.1 Å². The van der Waals surface area contributed by atoms with E-state index < -0.39 is 0 Å². The normalized spacial score (nSPS) is 11.2. The van der Waals surface area contributed by atoms with Gasteiger partial charge in [-0.15, -0.1) is 0 Å². The van der Waals surface area contributed by atoms with Crippen molar-refractivity contribution in [1.29, 1.82) is 5.26 Å². The summed E-state index contributed by atoms with van der Waals surface area (Å²) in [6, 6.07) is 7.66. The molecule has 0 radical (unpaired) electrons. The van der Waals surface area contributed by atoms with E-state index in [0.717, 1.165) is 5.56 Å². The topological polar surface area (TPSA) is 35.8 Å². The molecule has 4 heteroatoms. The first-order chi connectivity index (χ1) is 7.43. The smallest absolute Gasteiger partial charge is 0.0697 e. The van der Waals surface area contributed by atoms with Crippen LogP contribution in [-0.2, 0) is 6.54 Å². The van der Waals surface area contributed by atoms with Gasteiger partial charge in [-0.25, -0.2) is 0 Å². The third-order valence-electron chi connectivity index (χ3n) is 2.12. The lowest BCUT2D eigenvalue weighted by molar-refractivity contribution is 0.445. The quantitative estimate of drug-likeness (QED) is 0.893. The Hall–Kier alpha value is -0.750. The molecular weight excluding hydrogens is 243 g/mol. The fraction of sp³-hybridized carbons (Fsp3) is 0.417. The average molecular weight is 257 g/mol. The Morgan fingerprint density at radius 3 is 2.31 bits per heavy atom. The van der Waals surface area contributed by atoms with E-state index in [1.54, 1.807) is 6.07 Å². The lowest BCUT2D eigenvalue weighted by Gasteiger charge is -2.15. The molecule has 0 aliphatic heterocycles. The molecule has 0 saturated carbocycles. The first-order valence-electron chi connectivity index (χ1n) is 5.00. The Labute approximate surface area is 106 Å². The molecule has 0 aliphatic rings. The third kappa shape index (κ3) is 4.40. The van der Waals surface area contributed by atoms with E-state index >= 15 is 0 Å². The van der Waals surface area contributed by atoms with Gasteiger partial charge in [0.25, 0.3) is 0 Å². The summed E-state index contributed by atoms with van der Waals surface area (Å²) in [7, 11) is 0. The van der Waals surface area contributed by atoms with Gasteiger partial charge in [-0.05, 0) is 37.6 Å². The largest absolute Gasteiger partial charge is 0.311 e. The maximum atomic E-state index is 8.85. The molecule has 1 aromatic rings. The lowest BCUT2D eigenvalue weighted by Crippen LogP contribution is -2.27. The summed E-state index contributed by atoms with van der Waals surface area (Å²) < 4.78 is 0. The molecule has 0 atom stereocenters. The van der Waals surface area contributed by atoms with Crippen LogP contribution >= 0.6 is 23.2 Å². The van der Waals surface area contributed by atoms with Crippen LogP contribution in [0, 0.1) is 16.7 Å². The summed E-state index contributed by atoms with van der Waals surface area (Å²) in [5.41, 5.74) is 0.661. The maximum absolute atomic E-state index is 8.85. The summed E-state index contributed by atoms with van der Waals surface area (Å²) >= 11 is 11.8. The number of hydrogen-bond donors (Lipinski definition) is 1. The van der Waals surface area contributed by atoms with Gasteiger partial charge in [-0.1, -0.05) is 23.2 Å². The predicted octanol–water partition coefficient (Wildman–Crippen LogP) is 3.63. The zero-order chi connectivity index (χ0) is 12.2. The highest BCUT2D eigenvalue weighted by molar-refractivity contribution is 6.34. The standard InChI is InChI=1S/C12H14Cl2N2/c1-12(2,7-15)8-16-6-9-3-10(13)5-11(14)4-9/h3-5,16H,6,8H2,1-2H3. The second-order valence-electron chi connectivity index (χ2n) is 4.38. The molecule has 1 N–H and O–H groups in total. The third-order valence-corrected chi connectivity index (χ3v) is 2.56. The number of nitriles is 1. The summed E-state index contributed by atoms with van der Waals surface area (Å²) in [5.74, 6) is 0. The number of nitrogens with zero attached hydrogens (tertiary/aromatic N) is 1. The monoisotopic (exact) mass is 256 g/mol. The van der Waals surface area contributed by atoms with Crippen LogP contribution in [0.15, 0.2) is 18.2 Å². The van der Waals surface area contributed by atoms with Crippen molar-refractivity contribution < 1.29 is 0 Å². The number of rotatable bonds is 4. The second kappa shape index (κ2) is 5.54. The van der Waals surface area contributed by atoms with E-state index in [1.165, 1.54) is 0 Å². The second-order valence-corrected chi connectivity index (χ2v) is 5.25. The molecule has 0 aliphatic carbocycles. The number of nitrogens with one attached hydrogen (secondary N) is 1. The molecule has 16 heavy (non-hydrogen) atoms. The van der Waals surface area contributed by atoms with Crippen LogP contribution in [-0.4, -0.2) is 6.54 Å². The number of hydrogen-bond acceptors (Lipinski definition) is 2. The van der Waals surface area contributed by atoms with Gasteiger partial charge in [0.15, 0.2) is 0 Å². The van der Waals surface area contributed by atoms with E-state index in [1.807, 2.05) is 26.0 Å². The van der Waals surface area contributed by atoms with Crippen LogP contribution in [0.5, 0.6) is 0 Å². The van der Waals surface area contributed by atoms with Crippen molar-refractivity contribution in [2.24, 2.45) is 5.41 Å². The van der Waals surface area contributed by atoms with Crippen molar-refractivity contribution in [3.63, 3.8) is 0 Å². The predicted molar refractivity (Wildman–Crippen MR) is 67.6 cm³/mol. The summed E-state index contributed by atoms with van der Waals surface area (Å²) in [6.45, 7) is 5.08. The minimum absolute atomic E-state index is 0.359. The minimum Gasteiger partial charge on any atom is -0.311 e. The SMILES string of the molecule is CC(C)(C#N)CNCc1cc(Cl)cc(Cl)c1. The molecule has 0 fully saturated rings. The minimum atomic E-state index is -0.359. The fourth-order valence-corrected chi connectivity index (χ4v) is 1.84. The first kappa shape index (κ1) is 13.3. The highest BCUT2D eigenvalue weighted by atomic mass is 35.5. The van der Waals surface area contributed by atoms with Gasteiger partial charge in [0.2, 0.25) is 0 Å². The first-order valence-corrected chi connectivity index (χ1v) is 5.75. The molecule has 0 heterocycles. The molecule has 0 unspecified atom stereocenters. The Balaban J connectivity index is 2.53. The zero-order valence-corrected chi connectivity index (χ0v) is 10.9. The van der Waals surface area contributed by atoms with E-state index in [-0.39, 0.29) is 5.41 Å². The van der Waals surface area contributed by atoms with Gasteiger partial charge in [-0.2, -0.15) is 5.26 Å². The zero-order valence-electron chi connectivity index (χ0n) is 9.35. The Bertz CT molecular complexity index is 388. The highest BCUT2D eigenvalue weighted by Gasteiger charge is 2.15. The molecule has 0 bridgehead atoms. The van der Waals surface area contributed by atoms with Crippen LogP contribution in [0.4, 0.5) is 0 Å². The number of benzene rings is 1. The van der Waals surface area contributed by atoms with Gasteiger partial charge < -0.3 is 5.32 Å². The highest BCUT2D eigenvalue weighted by Crippen LogP contribution is 2.19. The van der Waals surface area contributed by atoms with Crippen molar-refractivity contribution in [2.45, 2.75) is 20.4 Å². The van der Waals surface area contributed by atoms with Crippen molar-refractivity contribution >= 4 is 23.2 Å². The number of halogens is 2. The van der Waals surface area contributed by atoms with E-state index in [9.17, 15) is 0 Å². The average Bonchev–Trinajstić information content (AvgIpc) is 2.16.